The summed E-state index contributed by atoms with van der Waals surface area (Å²) in [6, 6.07) is 11.6. The fraction of sp³-hybridized carbons (Fsp3) is 0.600. The van der Waals surface area contributed by atoms with Crippen molar-refractivity contribution in [1.29, 1.82) is 0 Å². The molecule has 2 aliphatic carbocycles. The second kappa shape index (κ2) is 4.12. The quantitative estimate of drug-likeness (QED) is 0.727. The Morgan fingerprint density at radius 2 is 1.56 bits per heavy atom. The molecular weight excluding hydrogens is 194 g/mol. The van der Waals surface area contributed by atoms with Crippen LogP contribution in [0.2, 0.25) is 0 Å². The highest BCUT2D eigenvalue weighted by molar-refractivity contribution is 5.46. The van der Waals surface area contributed by atoms with E-state index in [1.165, 1.54) is 37.8 Å². The molecule has 0 heterocycles. The van der Waals surface area contributed by atoms with Crippen LogP contribution in [0, 0.1) is 11.8 Å². The minimum atomic E-state index is 0.786. The summed E-state index contributed by atoms with van der Waals surface area (Å²) in [4.78, 5) is 2.50. The van der Waals surface area contributed by atoms with Gasteiger partial charge in [-0.05, 0) is 43.2 Å². The van der Waals surface area contributed by atoms with E-state index in [1.807, 2.05) is 0 Å². The standard InChI is InChI=1S/C15H21N/c1-16(14-5-3-2-4-6-14)15-10-12-7-8-13(9-12)11-15/h2-6,12-13,15H,7-11H2,1H3/t12-,13+,15+. The fourth-order valence-electron chi connectivity index (χ4n) is 3.66. The topological polar surface area (TPSA) is 3.24 Å². The van der Waals surface area contributed by atoms with Crippen molar-refractivity contribution in [2.24, 2.45) is 11.8 Å². The van der Waals surface area contributed by atoms with E-state index in [9.17, 15) is 0 Å². The van der Waals surface area contributed by atoms with E-state index in [0.717, 1.165) is 17.9 Å². The number of hydrogen-bond acceptors (Lipinski definition) is 1. The van der Waals surface area contributed by atoms with Crippen molar-refractivity contribution in [3.05, 3.63) is 30.3 Å². The molecule has 1 aromatic carbocycles. The maximum absolute atomic E-state index is 2.50. The van der Waals surface area contributed by atoms with E-state index in [4.69, 9.17) is 0 Å². The molecular formula is C15H21N. The molecule has 0 radical (unpaired) electrons. The maximum atomic E-state index is 2.50. The number of para-hydroxylation sites is 1. The highest BCUT2D eigenvalue weighted by Crippen LogP contribution is 2.43. The molecule has 0 N–H and O–H groups in total. The van der Waals surface area contributed by atoms with Crippen LogP contribution >= 0.6 is 0 Å². The summed E-state index contributed by atoms with van der Waals surface area (Å²) in [5, 5.41) is 0. The van der Waals surface area contributed by atoms with Gasteiger partial charge in [-0.3, -0.25) is 0 Å². The van der Waals surface area contributed by atoms with Crippen LogP contribution in [0.4, 0.5) is 5.69 Å². The van der Waals surface area contributed by atoms with Crippen LogP contribution in [-0.2, 0) is 0 Å². The van der Waals surface area contributed by atoms with Crippen molar-refractivity contribution in [3.63, 3.8) is 0 Å². The molecule has 2 fully saturated rings. The SMILES string of the molecule is CN(c1ccccc1)[C@H]1C[C@@H]2CC[C@@H](C2)C1. The van der Waals surface area contributed by atoms with E-state index in [2.05, 4.69) is 42.3 Å². The summed E-state index contributed by atoms with van der Waals surface area (Å²) >= 11 is 0. The Balaban J connectivity index is 1.73. The fourth-order valence-corrected chi connectivity index (χ4v) is 3.66. The Labute approximate surface area is 98.5 Å². The highest BCUT2D eigenvalue weighted by Gasteiger charge is 2.35. The number of rotatable bonds is 2. The van der Waals surface area contributed by atoms with E-state index in [-0.39, 0.29) is 0 Å². The molecule has 0 aliphatic heterocycles. The number of benzene rings is 1. The van der Waals surface area contributed by atoms with Gasteiger partial charge in [0.15, 0.2) is 0 Å². The van der Waals surface area contributed by atoms with Crippen molar-refractivity contribution in [2.45, 2.75) is 38.1 Å². The molecule has 0 spiro atoms. The first-order valence-electron chi connectivity index (χ1n) is 6.61. The van der Waals surface area contributed by atoms with Gasteiger partial charge in [0.2, 0.25) is 0 Å². The van der Waals surface area contributed by atoms with Crippen molar-refractivity contribution in [2.75, 3.05) is 11.9 Å². The Bertz CT molecular complexity index is 334. The lowest BCUT2D eigenvalue weighted by Gasteiger charge is -2.36. The third-order valence-electron chi connectivity index (χ3n) is 4.57. The van der Waals surface area contributed by atoms with Gasteiger partial charge in [0.05, 0.1) is 0 Å². The average Bonchev–Trinajstić information content (AvgIpc) is 2.68. The summed E-state index contributed by atoms with van der Waals surface area (Å²) in [7, 11) is 2.27. The van der Waals surface area contributed by atoms with Crippen LogP contribution in [-0.4, -0.2) is 13.1 Å². The third-order valence-corrected chi connectivity index (χ3v) is 4.57. The smallest absolute Gasteiger partial charge is 0.0366 e. The molecule has 0 amide bonds. The molecule has 3 atom stereocenters. The van der Waals surface area contributed by atoms with E-state index >= 15 is 0 Å². The first kappa shape index (κ1) is 10.2. The first-order chi connectivity index (χ1) is 7.83. The maximum Gasteiger partial charge on any atom is 0.0366 e. The molecule has 3 rings (SSSR count). The van der Waals surface area contributed by atoms with Gasteiger partial charge in [-0.25, -0.2) is 0 Å². The number of nitrogens with zero attached hydrogens (tertiary/aromatic N) is 1. The minimum Gasteiger partial charge on any atom is -0.372 e. The number of fused-ring (bicyclic) bond motifs is 2. The number of anilines is 1. The zero-order valence-electron chi connectivity index (χ0n) is 10.1. The predicted molar refractivity (Wildman–Crippen MR) is 68.7 cm³/mol. The number of hydrogen-bond donors (Lipinski definition) is 0. The van der Waals surface area contributed by atoms with E-state index in [0.29, 0.717) is 0 Å². The Kier molecular flexibility index (Phi) is 2.62. The minimum absolute atomic E-state index is 0.786. The molecule has 2 aliphatic rings. The van der Waals surface area contributed by atoms with Crippen molar-refractivity contribution >= 4 is 5.69 Å². The molecule has 2 saturated carbocycles. The summed E-state index contributed by atoms with van der Waals surface area (Å²) in [5.41, 5.74) is 1.38. The molecule has 86 valence electrons. The summed E-state index contributed by atoms with van der Waals surface area (Å²) < 4.78 is 0. The van der Waals surface area contributed by atoms with Gasteiger partial charge >= 0.3 is 0 Å². The lowest BCUT2D eigenvalue weighted by molar-refractivity contribution is 0.313. The van der Waals surface area contributed by atoms with Crippen molar-refractivity contribution in [1.82, 2.24) is 0 Å². The van der Waals surface area contributed by atoms with Gasteiger partial charge in [0.1, 0.15) is 0 Å². The lowest BCUT2D eigenvalue weighted by Crippen LogP contribution is -2.36. The first-order valence-corrected chi connectivity index (χ1v) is 6.61. The van der Waals surface area contributed by atoms with Gasteiger partial charge in [-0.15, -0.1) is 0 Å². The summed E-state index contributed by atoms with van der Waals surface area (Å²) in [5.74, 6) is 2.05. The van der Waals surface area contributed by atoms with E-state index < -0.39 is 0 Å². The zero-order chi connectivity index (χ0) is 11.0. The van der Waals surface area contributed by atoms with Crippen LogP contribution < -0.4 is 4.90 Å². The Morgan fingerprint density at radius 3 is 2.19 bits per heavy atom. The Morgan fingerprint density at radius 1 is 0.938 bits per heavy atom. The monoisotopic (exact) mass is 215 g/mol. The van der Waals surface area contributed by atoms with Gasteiger partial charge < -0.3 is 4.90 Å². The largest absolute Gasteiger partial charge is 0.372 e. The molecule has 0 unspecified atom stereocenters. The second-order valence-corrected chi connectivity index (χ2v) is 5.62. The third kappa shape index (κ3) is 1.83. The van der Waals surface area contributed by atoms with Gasteiger partial charge in [-0.1, -0.05) is 31.0 Å². The molecule has 0 saturated heterocycles. The highest BCUT2D eigenvalue weighted by atomic mass is 15.1. The van der Waals surface area contributed by atoms with Gasteiger partial charge in [0, 0.05) is 18.8 Å². The van der Waals surface area contributed by atoms with E-state index in [1.54, 1.807) is 0 Å². The van der Waals surface area contributed by atoms with Gasteiger partial charge in [-0.2, -0.15) is 0 Å². The van der Waals surface area contributed by atoms with Crippen LogP contribution in [0.15, 0.2) is 30.3 Å². The average molecular weight is 215 g/mol. The zero-order valence-corrected chi connectivity index (χ0v) is 10.1. The normalized spacial score (nSPS) is 32.7. The Hall–Kier alpha value is -0.980. The van der Waals surface area contributed by atoms with Crippen molar-refractivity contribution < 1.29 is 0 Å². The van der Waals surface area contributed by atoms with Crippen LogP contribution in [0.25, 0.3) is 0 Å². The predicted octanol–water partition coefficient (Wildman–Crippen LogP) is 3.70. The molecule has 16 heavy (non-hydrogen) atoms. The lowest BCUT2D eigenvalue weighted by atomic mass is 9.84. The van der Waals surface area contributed by atoms with Crippen LogP contribution in [0.5, 0.6) is 0 Å². The molecule has 0 aromatic heterocycles. The summed E-state index contributed by atoms with van der Waals surface area (Å²) in [6.45, 7) is 0. The van der Waals surface area contributed by atoms with Crippen LogP contribution in [0.3, 0.4) is 0 Å². The van der Waals surface area contributed by atoms with Crippen molar-refractivity contribution in [3.8, 4) is 0 Å². The molecule has 1 aromatic rings. The molecule has 1 heteroatoms. The summed E-state index contributed by atoms with van der Waals surface area (Å²) in [6.07, 6.45) is 7.33. The molecule has 1 nitrogen and oxygen atoms in total. The van der Waals surface area contributed by atoms with Gasteiger partial charge in [0.25, 0.3) is 0 Å². The van der Waals surface area contributed by atoms with Crippen LogP contribution in [0.1, 0.15) is 32.1 Å². The molecule has 2 bridgehead atoms. The second-order valence-electron chi connectivity index (χ2n) is 5.62.